The molecule has 1 fully saturated rings. The van der Waals surface area contributed by atoms with Crippen LogP contribution in [-0.4, -0.2) is 31.2 Å². The van der Waals surface area contributed by atoms with Crippen LogP contribution in [0.15, 0.2) is 10.9 Å². The van der Waals surface area contributed by atoms with E-state index in [4.69, 9.17) is 5.73 Å². The van der Waals surface area contributed by atoms with Crippen LogP contribution in [0.3, 0.4) is 0 Å². The molecule has 24 heavy (non-hydrogen) atoms. The number of fused-ring (bicyclic) bond motifs is 1. The zero-order valence-corrected chi connectivity index (χ0v) is 14.7. The van der Waals surface area contributed by atoms with Gasteiger partial charge in [0, 0.05) is 18.7 Å². The molecule has 0 bridgehead atoms. The highest BCUT2D eigenvalue weighted by atomic mass is 35.5. The Morgan fingerprint density at radius 2 is 2.08 bits per heavy atom. The number of nitrogen functional groups attached to an aromatic ring is 1. The normalized spacial score (nSPS) is 14.5. The smallest absolute Gasteiger partial charge is 0.291 e. The number of nitrogens with two attached hydrogens (primary N) is 1. The molecule has 0 aliphatic heterocycles. The van der Waals surface area contributed by atoms with Gasteiger partial charge in [0.25, 0.3) is 11.5 Å². The minimum absolute atomic E-state index is 0. The number of carbonyl (C=O) groups is 1. The van der Waals surface area contributed by atoms with Crippen LogP contribution in [0.5, 0.6) is 5.88 Å². The number of aromatic nitrogens is 3. The second kappa shape index (κ2) is 6.01. The SMILES string of the molecule is CC(C)(C)Cn1c(O)c(C(=O)NC2CC2)c(=O)n2nc(N)cc12.Cl. The van der Waals surface area contributed by atoms with E-state index in [0.717, 1.165) is 17.4 Å². The number of nitrogens with one attached hydrogen (secondary N) is 1. The summed E-state index contributed by atoms with van der Waals surface area (Å²) in [6, 6.07) is 1.59. The maximum absolute atomic E-state index is 12.5. The Balaban J connectivity index is 0.00000208. The predicted octanol–water partition coefficient (Wildman–Crippen LogP) is 1.14. The number of halogens is 1. The first-order chi connectivity index (χ1) is 10.7. The molecule has 3 rings (SSSR count). The standard InChI is InChI=1S/C15H21N5O3.ClH/c1-15(2,3)7-19-10-6-9(16)18-20(10)14(23)11(13(19)22)12(21)17-8-4-5-8;/h6,8,22H,4-5,7H2,1-3H3,(H2,16,18)(H,17,21);1H. The molecule has 0 radical (unpaired) electrons. The Kier molecular flexibility index (Phi) is 4.54. The Morgan fingerprint density at radius 1 is 1.46 bits per heavy atom. The number of aromatic hydroxyl groups is 1. The fourth-order valence-corrected chi connectivity index (χ4v) is 2.49. The Labute approximate surface area is 145 Å². The Hall–Kier alpha value is -2.22. The second-order valence-corrected chi connectivity index (χ2v) is 7.24. The molecule has 2 aromatic rings. The molecule has 0 aromatic carbocycles. The maximum Gasteiger partial charge on any atom is 0.291 e. The summed E-state index contributed by atoms with van der Waals surface area (Å²) >= 11 is 0. The number of amides is 1. The lowest BCUT2D eigenvalue weighted by atomic mass is 9.96. The molecule has 1 aliphatic carbocycles. The van der Waals surface area contributed by atoms with Crippen LogP contribution in [0.1, 0.15) is 44.0 Å². The lowest BCUT2D eigenvalue weighted by Crippen LogP contribution is -2.35. The maximum atomic E-state index is 12.5. The highest BCUT2D eigenvalue weighted by Gasteiger charge is 2.30. The summed E-state index contributed by atoms with van der Waals surface area (Å²) in [5, 5.41) is 17.2. The summed E-state index contributed by atoms with van der Waals surface area (Å²) in [4.78, 5) is 24.9. The van der Waals surface area contributed by atoms with Crippen molar-refractivity contribution in [2.75, 3.05) is 5.73 Å². The summed E-state index contributed by atoms with van der Waals surface area (Å²) in [6.07, 6.45) is 1.78. The minimum atomic E-state index is -0.669. The van der Waals surface area contributed by atoms with Crippen molar-refractivity contribution in [3.8, 4) is 5.88 Å². The number of rotatable bonds is 3. The van der Waals surface area contributed by atoms with Gasteiger partial charge >= 0.3 is 0 Å². The Bertz CT molecular complexity index is 845. The van der Waals surface area contributed by atoms with Crippen LogP contribution < -0.4 is 16.6 Å². The van der Waals surface area contributed by atoms with Crippen molar-refractivity contribution in [2.45, 2.75) is 46.2 Å². The van der Waals surface area contributed by atoms with Gasteiger partial charge in [-0.1, -0.05) is 20.8 Å². The van der Waals surface area contributed by atoms with E-state index < -0.39 is 11.5 Å². The number of nitrogens with zero attached hydrogens (tertiary/aromatic N) is 3. The summed E-state index contributed by atoms with van der Waals surface area (Å²) in [6.45, 7) is 6.37. The van der Waals surface area contributed by atoms with Gasteiger partial charge in [0.05, 0.1) is 0 Å². The molecular formula is C15H22ClN5O3. The molecule has 0 atom stereocenters. The van der Waals surface area contributed by atoms with Crippen LogP contribution in [0.2, 0.25) is 0 Å². The lowest BCUT2D eigenvalue weighted by Gasteiger charge is -2.23. The molecule has 1 amide bonds. The third-order valence-electron chi connectivity index (χ3n) is 3.64. The van der Waals surface area contributed by atoms with Crippen molar-refractivity contribution in [1.29, 1.82) is 0 Å². The quantitative estimate of drug-likeness (QED) is 0.763. The van der Waals surface area contributed by atoms with Gasteiger partial charge in [-0.3, -0.25) is 14.2 Å². The zero-order chi connectivity index (χ0) is 16.9. The molecule has 8 nitrogen and oxygen atoms in total. The minimum Gasteiger partial charge on any atom is -0.494 e. The van der Waals surface area contributed by atoms with Gasteiger partial charge in [-0.15, -0.1) is 17.5 Å². The fraction of sp³-hybridized carbons (Fsp3) is 0.533. The van der Waals surface area contributed by atoms with Gasteiger partial charge in [-0.2, -0.15) is 4.52 Å². The van der Waals surface area contributed by atoms with Crippen molar-refractivity contribution in [3.05, 3.63) is 22.0 Å². The molecule has 1 saturated carbocycles. The van der Waals surface area contributed by atoms with Crippen LogP contribution >= 0.6 is 12.4 Å². The lowest BCUT2D eigenvalue weighted by molar-refractivity contribution is 0.0944. The van der Waals surface area contributed by atoms with Crippen molar-refractivity contribution in [1.82, 2.24) is 19.5 Å². The molecule has 0 saturated heterocycles. The zero-order valence-electron chi connectivity index (χ0n) is 13.9. The third kappa shape index (κ3) is 3.33. The first-order valence-corrected chi connectivity index (χ1v) is 7.59. The first kappa shape index (κ1) is 18.1. The molecule has 0 unspecified atom stereocenters. The van der Waals surface area contributed by atoms with E-state index in [1.165, 1.54) is 10.6 Å². The van der Waals surface area contributed by atoms with E-state index >= 15 is 0 Å². The van der Waals surface area contributed by atoms with Crippen molar-refractivity contribution < 1.29 is 9.90 Å². The van der Waals surface area contributed by atoms with E-state index in [1.54, 1.807) is 0 Å². The van der Waals surface area contributed by atoms with E-state index in [9.17, 15) is 14.7 Å². The second-order valence-electron chi connectivity index (χ2n) is 7.24. The van der Waals surface area contributed by atoms with Crippen molar-refractivity contribution >= 4 is 29.8 Å². The van der Waals surface area contributed by atoms with Gasteiger partial charge in [-0.25, -0.2) is 0 Å². The van der Waals surface area contributed by atoms with Crippen molar-refractivity contribution in [3.63, 3.8) is 0 Å². The summed E-state index contributed by atoms with van der Waals surface area (Å²) in [5.41, 5.74) is 4.91. The van der Waals surface area contributed by atoms with Crippen LogP contribution in [0.25, 0.3) is 5.65 Å². The number of anilines is 1. The molecule has 2 heterocycles. The summed E-state index contributed by atoms with van der Waals surface area (Å²) in [7, 11) is 0. The monoisotopic (exact) mass is 355 g/mol. The van der Waals surface area contributed by atoms with Gasteiger partial charge in [0.1, 0.15) is 11.5 Å². The summed E-state index contributed by atoms with van der Waals surface area (Å²) < 4.78 is 2.58. The molecular weight excluding hydrogens is 334 g/mol. The van der Waals surface area contributed by atoms with Crippen LogP contribution in [0.4, 0.5) is 5.82 Å². The largest absolute Gasteiger partial charge is 0.494 e. The molecule has 132 valence electrons. The molecule has 1 aliphatic rings. The highest BCUT2D eigenvalue weighted by molar-refractivity contribution is 5.96. The number of carbonyl (C=O) groups excluding carboxylic acids is 1. The van der Waals surface area contributed by atoms with E-state index in [1.807, 2.05) is 20.8 Å². The van der Waals surface area contributed by atoms with Gasteiger partial charge < -0.3 is 16.2 Å². The number of hydrogen-bond acceptors (Lipinski definition) is 5. The van der Waals surface area contributed by atoms with Gasteiger partial charge in [0.2, 0.25) is 5.88 Å². The Morgan fingerprint density at radius 3 is 2.62 bits per heavy atom. The third-order valence-corrected chi connectivity index (χ3v) is 3.64. The van der Waals surface area contributed by atoms with E-state index in [2.05, 4.69) is 10.4 Å². The fourth-order valence-electron chi connectivity index (χ4n) is 2.49. The predicted molar refractivity (Wildman–Crippen MR) is 92.7 cm³/mol. The molecule has 4 N–H and O–H groups in total. The molecule has 2 aromatic heterocycles. The average molecular weight is 356 g/mol. The molecule has 9 heteroatoms. The van der Waals surface area contributed by atoms with Crippen molar-refractivity contribution in [2.24, 2.45) is 5.41 Å². The van der Waals surface area contributed by atoms with Crippen LogP contribution in [-0.2, 0) is 6.54 Å². The van der Waals surface area contributed by atoms with Gasteiger partial charge in [0.15, 0.2) is 5.56 Å². The van der Waals surface area contributed by atoms with E-state index in [-0.39, 0.29) is 41.1 Å². The molecule has 0 spiro atoms. The highest BCUT2D eigenvalue weighted by Crippen LogP contribution is 2.26. The van der Waals surface area contributed by atoms with E-state index in [0.29, 0.717) is 12.2 Å². The average Bonchev–Trinajstić information content (AvgIpc) is 3.13. The summed E-state index contributed by atoms with van der Waals surface area (Å²) in [5.74, 6) is -0.770. The first-order valence-electron chi connectivity index (χ1n) is 7.59. The topological polar surface area (TPSA) is 115 Å². The van der Waals surface area contributed by atoms with Crippen LogP contribution in [0, 0.1) is 5.41 Å². The van der Waals surface area contributed by atoms with Gasteiger partial charge in [-0.05, 0) is 18.3 Å². The number of hydrogen-bond donors (Lipinski definition) is 3.